The average molecular weight is 264 g/mol. The fourth-order valence-electron chi connectivity index (χ4n) is 4.93. The Labute approximate surface area is 119 Å². The molecule has 3 rings (SSSR count). The molecular formula is C17H32N2. The van der Waals surface area contributed by atoms with E-state index in [-0.39, 0.29) is 0 Å². The highest BCUT2D eigenvalue weighted by Gasteiger charge is 2.38. The molecule has 1 spiro atoms. The van der Waals surface area contributed by atoms with Crippen LogP contribution in [0.5, 0.6) is 0 Å². The number of nitrogens with one attached hydrogen (secondary N) is 1. The first-order valence-electron chi connectivity index (χ1n) is 8.79. The van der Waals surface area contributed by atoms with Crippen molar-refractivity contribution in [2.24, 2.45) is 5.41 Å². The number of piperidine rings is 1. The molecule has 19 heavy (non-hydrogen) atoms. The van der Waals surface area contributed by atoms with Crippen LogP contribution >= 0.6 is 0 Å². The Balaban J connectivity index is 1.48. The Bertz CT molecular complexity index is 273. The third-order valence-corrected chi connectivity index (χ3v) is 6.19. The third-order valence-electron chi connectivity index (χ3n) is 6.19. The van der Waals surface area contributed by atoms with Gasteiger partial charge in [0.05, 0.1) is 0 Å². The van der Waals surface area contributed by atoms with Gasteiger partial charge in [0.2, 0.25) is 0 Å². The molecule has 110 valence electrons. The van der Waals surface area contributed by atoms with Crippen molar-refractivity contribution in [3.05, 3.63) is 0 Å². The van der Waals surface area contributed by atoms with Crippen molar-refractivity contribution in [3.63, 3.8) is 0 Å². The van der Waals surface area contributed by atoms with Gasteiger partial charge in [-0.3, -0.25) is 0 Å². The van der Waals surface area contributed by atoms with Gasteiger partial charge in [-0.05, 0) is 70.0 Å². The lowest BCUT2D eigenvalue weighted by atomic mass is 9.68. The molecule has 3 fully saturated rings. The van der Waals surface area contributed by atoms with E-state index in [2.05, 4.69) is 17.1 Å². The third kappa shape index (κ3) is 3.16. The second kappa shape index (κ2) is 6.13. The van der Waals surface area contributed by atoms with Gasteiger partial charge in [-0.2, -0.15) is 0 Å². The van der Waals surface area contributed by atoms with Crippen molar-refractivity contribution < 1.29 is 0 Å². The summed E-state index contributed by atoms with van der Waals surface area (Å²) in [5.41, 5.74) is 0.772. The van der Waals surface area contributed by atoms with Gasteiger partial charge in [0.15, 0.2) is 0 Å². The first kappa shape index (κ1) is 13.9. The normalized spacial score (nSPS) is 35.8. The summed E-state index contributed by atoms with van der Waals surface area (Å²) in [5.74, 6) is 0. The zero-order valence-corrected chi connectivity index (χ0v) is 12.8. The van der Waals surface area contributed by atoms with E-state index in [1.54, 1.807) is 0 Å². The SMILES string of the molecule is CCNC1CCC(N2CCC3(CCCCC3)CC2)C1. The highest BCUT2D eigenvalue weighted by molar-refractivity contribution is 4.93. The van der Waals surface area contributed by atoms with E-state index >= 15 is 0 Å². The minimum absolute atomic E-state index is 0.772. The molecule has 0 amide bonds. The molecule has 0 bridgehead atoms. The van der Waals surface area contributed by atoms with E-state index in [0.29, 0.717) is 0 Å². The Hall–Kier alpha value is -0.0800. The van der Waals surface area contributed by atoms with Crippen LogP contribution in [0.15, 0.2) is 0 Å². The van der Waals surface area contributed by atoms with Gasteiger partial charge in [-0.15, -0.1) is 0 Å². The number of nitrogens with zero attached hydrogens (tertiary/aromatic N) is 1. The summed E-state index contributed by atoms with van der Waals surface area (Å²) in [4.78, 5) is 2.83. The lowest BCUT2D eigenvalue weighted by Gasteiger charge is -2.46. The Morgan fingerprint density at radius 2 is 1.74 bits per heavy atom. The fraction of sp³-hybridized carbons (Fsp3) is 1.00. The van der Waals surface area contributed by atoms with Gasteiger partial charge in [0.25, 0.3) is 0 Å². The number of hydrogen-bond acceptors (Lipinski definition) is 2. The van der Waals surface area contributed by atoms with Gasteiger partial charge in [-0.1, -0.05) is 26.2 Å². The van der Waals surface area contributed by atoms with Crippen molar-refractivity contribution in [1.29, 1.82) is 0 Å². The zero-order chi connectivity index (χ0) is 13.1. The first-order valence-corrected chi connectivity index (χ1v) is 8.79. The van der Waals surface area contributed by atoms with Crippen LogP contribution in [0.3, 0.4) is 0 Å². The van der Waals surface area contributed by atoms with Crippen molar-refractivity contribution in [2.75, 3.05) is 19.6 Å². The van der Waals surface area contributed by atoms with Crippen LogP contribution in [0.1, 0.15) is 71.1 Å². The lowest BCUT2D eigenvalue weighted by molar-refractivity contribution is 0.0459. The summed E-state index contributed by atoms with van der Waals surface area (Å²) < 4.78 is 0. The molecule has 2 saturated carbocycles. The molecule has 1 N–H and O–H groups in total. The topological polar surface area (TPSA) is 15.3 Å². The van der Waals surface area contributed by atoms with E-state index in [4.69, 9.17) is 0 Å². The van der Waals surface area contributed by atoms with Crippen LogP contribution in [0.25, 0.3) is 0 Å². The van der Waals surface area contributed by atoms with Gasteiger partial charge < -0.3 is 10.2 Å². The summed E-state index contributed by atoms with van der Waals surface area (Å²) >= 11 is 0. The highest BCUT2D eigenvalue weighted by atomic mass is 15.2. The molecule has 1 saturated heterocycles. The van der Waals surface area contributed by atoms with E-state index in [0.717, 1.165) is 24.0 Å². The smallest absolute Gasteiger partial charge is 0.0111 e. The number of rotatable bonds is 3. The van der Waals surface area contributed by atoms with Crippen molar-refractivity contribution in [3.8, 4) is 0 Å². The maximum atomic E-state index is 3.64. The monoisotopic (exact) mass is 264 g/mol. The Morgan fingerprint density at radius 3 is 2.42 bits per heavy atom. The molecule has 1 heterocycles. The van der Waals surface area contributed by atoms with Crippen LogP contribution in [0.4, 0.5) is 0 Å². The summed E-state index contributed by atoms with van der Waals surface area (Å²) in [7, 11) is 0. The molecule has 0 aromatic rings. The van der Waals surface area contributed by atoms with Crippen molar-refractivity contribution in [2.45, 2.75) is 83.2 Å². The van der Waals surface area contributed by atoms with E-state index in [9.17, 15) is 0 Å². The van der Waals surface area contributed by atoms with Gasteiger partial charge in [0.1, 0.15) is 0 Å². The minimum atomic E-state index is 0.772. The van der Waals surface area contributed by atoms with Crippen LogP contribution in [0.2, 0.25) is 0 Å². The summed E-state index contributed by atoms with van der Waals surface area (Å²) in [6.45, 7) is 6.16. The van der Waals surface area contributed by atoms with Crippen molar-refractivity contribution in [1.82, 2.24) is 10.2 Å². The molecule has 0 radical (unpaired) electrons. The molecule has 0 aromatic carbocycles. The molecule has 2 unspecified atom stereocenters. The average Bonchev–Trinajstić information content (AvgIpc) is 2.90. The fourth-order valence-corrected chi connectivity index (χ4v) is 4.93. The molecule has 2 atom stereocenters. The predicted octanol–water partition coefficient (Wildman–Crippen LogP) is 3.56. The van der Waals surface area contributed by atoms with Gasteiger partial charge in [0, 0.05) is 12.1 Å². The molecule has 0 aromatic heterocycles. The zero-order valence-electron chi connectivity index (χ0n) is 12.8. The largest absolute Gasteiger partial charge is 0.314 e. The van der Waals surface area contributed by atoms with Crippen LogP contribution < -0.4 is 5.32 Å². The molecule has 2 heteroatoms. The van der Waals surface area contributed by atoms with E-state index in [1.807, 2.05) is 0 Å². The van der Waals surface area contributed by atoms with Crippen molar-refractivity contribution >= 4 is 0 Å². The lowest BCUT2D eigenvalue weighted by Crippen LogP contribution is -2.45. The molecule has 2 aliphatic carbocycles. The second-order valence-corrected chi connectivity index (χ2v) is 7.32. The Kier molecular flexibility index (Phi) is 4.48. The van der Waals surface area contributed by atoms with Gasteiger partial charge in [-0.25, -0.2) is 0 Å². The van der Waals surface area contributed by atoms with Crippen LogP contribution in [0, 0.1) is 5.41 Å². The highest BCUT2D eigenvalue weighted by Crippen LogP contribution is 2.45. The quantitative estimate of drug-likeness (QED) is 0.838. The van der Waals surface area contributed by atoms with E-state index in [1.165, 1.54) is 77.3 Å². The van der Waals surface area contributed by atoms with E-state index < -0.39 is 0 Å². The summed E-state index contributed by atoms with van der Waals surface area (Å²) in [6, 6.07) is 1.70. The molecule has 2 nitrogen and oxygen atoms in total. The summed E-state index contributed by atoms with van der Waals surface area (Å²) in [6.07, 6.45) is 14.8. The minimum Gasteiger partial charge on any atom is -0.314 e. The number of hydrogen-bond donors (Lipinski definition) is 1. The maximum Gasteiger partial charge on any atom is 0.0111 e. The predicted molar refractivity (Wildman–Crippen MR) is 81.4 cm³/mol. The second-order valence-electron chi connectivity index (χ2n) is 7.32. The maximum absolute atomic E-state index is 3.64. The summed E-state index contributed by atoms with van der Waals surface area (Å²) in [5, 5.41) is 3.64. The Morgan fingerprint density at radius 1 is 1.00 bits per heavy atom. The van der Waals surface area contributed by atoms with Crippen LogP contribution in [-0.4, -0.2) is 36.6 Å². The van der Waals surface area contributed by atoms with Gasteiger partial charge >= 0.3 is 0 Å². The van der Waals surface area contributed by atoms with Crippen LogP contribution in [-0.2, 0) is 0 Å². The first-order chi connectivity index (χ1) is 9.31. The molecule has 1 aliphatic heterocycles. The standard InChI is InChI=1S/C17H32N2/c1-2-18-15-6-7-16(14-15)19-12-10-17(11-13-19)8-4-3-5-9-17/h15-16,18H,2-14H2,1H3. The molecular weight excluding hydrogens is 232 g/mol. The number of likely N-dealkylation sites (tertiary alicyclic amines) is 1. The molecule has 3 aliphatic rings.